The van der Waals surface area contributed by atoms with Crippen LogP contribution >= 0.6 is 20.8 Å². The number of hydrogen-bond acceptors (Lipinski definition) is 8. The molecular weight excluding hydrogens is 509 g/mol. The molecule has 2 aromatic rings. The molecule has 192 valence electrons. The lowest BCUT2D eigenvalue weighted by atomic mass is 10.1. The van der Waals surface area contributed by atoms with Crippen LogP contribution < -0.4 is 15.2 Å². The highest BCUT2D eigenvalue weighted by atomic mass is 32.2. The van der Waals surface area contributed by atoms with E-state index in [1.807, 2.05) is 0 Å². The van der Waals surface area contributed by atoms with Crippen LogP contribution in [0.25, 0.3) is 0 Å². The Hall–Kier alpha value is -2.24. The molecule has 7 nitrogen and oxygen atoms in total. The summed E-state index contributed by atoms with van der Waals surface area (Å²) in [6.45, 7) is 0.423. The van der Waals surface area contributed by atoms with Gasteiger partial charge in [-0.25, -0.2) is 4.39 Å². The summed E-state index contributed by atoms with van der Waals surface area (Å²) >= 11 is 1.13. The quantitative estimate of drug-likeness (QED) is 0.0933. The standard InChI is InChI=1S/C22H26F4N3O4PS/c1-35-21(29-28-13-17(27)14-33-34-30)15-4-9-20(19(12-15)22(24,25)26)32-11-3-2-10-31-18-7-5-16(23)6-8-18/h4-9,12-13,17,30,34H,2-3,10-11,14,27H2,1H3/b28-13+,29-21-. The molecule has 0 saturated carbocycles. The maximum absolute atomic E-state index is 13.7. The Morgan fingerprint density at radius 3 is 2.46 bits per heavy atom. The third-order valence-electron chi connectivity index (χ3n) is 4.35. The molecular formula is C22H26F4N3O4PS. The third-order valence-corrected chi connectivity index (χ3v) is 5.35. The molecule has 2 unspecified atom stereocenters. The van der Waals surface area contributed by atoms with E-state index in [9.17, 15) is 17.6 Å². The maximum Gasteiger partial charge on any atom is 0.419 e. The summed E-state index contributed by atoms with van der Waals surface area (Å²) in [5.74, 6) is -0.137. The highest BCUT2D eigenvalue weighted by molar-refractivity contribution is 8.13. The molecule has 2 atom stereocenters. The molecule has 0 aromatic heterocycles. The van der Waals surface area contributed by atoms with Crippen LogP contribution in [0.4, 0.5) is 17.6 Å². The first-order chi connectivity index (χ1) is 16.7. The Kier molecular flexibility index (Phi) is 12.4. The maximum atomic E-state index is 13.7. The Bertz CT molecular complexity index is 978. The molecule has 0 spiro atoms. The number of nitrogens with two attached hydrogens (primary N) is 1. The molecule has 35 heavy (non-hydrogen) atoms. The zero-order chi connectivity index (χ0) is 25.7. The average Bonchev–Trinajstić information content (AvgIpc) is 2.83. The number of hydrogen-bond donors (Lipinski definition) is 2. The highest BCUT2D eigenvalue weighted by Crippen LogP contribution is 2.37. The molecule has 2 rings (SSSR count). The van der Waals surface area contributed by atoms with Crippen LogP contribution in [0, 0.1) is 5.82 Å². The molecule has 13 heteroatoms. The van der Waals surface area contributed by atoms with Gasteiger partial charge in [-0.15, -0.1) is 16.9 Å². The van der Waals surface area contributed by atoms with Gasteiger partial charge in [-0.1, -0.05) is 0 Å². The minimum atomic E-state index is -4.63. The van der Waals surface area contributed by atoms with Crippen LogP contribution in [0.1, 0.15) is 24.0 Å². The van der Waals surface area contributed by atoms with Gasteiger partial charge in [-0.2, -0.15) is 18.3 Å². The second-order valence-corrected chi connectivity index (χ2v) is 8.27. The van der Waals surface area contributed by atoms with Crippen LogP contribution in [0.15, 0.2) is 52.7 Å². The normalized spacial score (nSPS) is 13.6. The van der Waals surface area contributed by atoms with Crippen molar-refractivity contribution in [2.24, 2.45) is 15.9 Å². The molecule has 0 aliphatic rings. The number of unbranched alkanes of at least 4 members (excludes halogenated alkanes) is 1. The number of thioether (sulfide) groups is 1. The van der Waals surface area contributed by atoms with Gasteiger partial charge >= 0.3 is 6.18 Å². The van der Waals surface area contributed by atoms with Gasteiger partial charge in [0.05, 0.1) is 31.4 Å². The predicted octanol–water partition coefficient (Wildman–Crippen LogP) is 5.02. The van der Waals surface area contributed by atoms with E-state index in [1.165, 1.54) is 42.6 Å². The lowest BCUT2D eigenvalue weighted by Crippen LogP contribution is -2.26. The van der Waals surface area contributed by atoms with Crippen LogP contribution in [-0.4, -0.2) is 48.3 Å². The second kappa shape index (κ2) is 15.0. The fourth-order valence-electron chi connectivity index (χ4n) is 2.68. The van der Waals surface area contributed by atoms with Gasteiger partial charge in [0.1, 0.15) is 22.4 Å². The van der Waals surface area contributed by atoms with Crippen molar-refractivity contribution in [1.29, 1.82) is 0 Å². The topological polar surface area (TPSA) is 98.7 Å². The fraction of sp³-hybridized carbons (Fsp3) is 0.364. The lowest BCUT2D eigenvalue weighted by molar-refractivity contribution is -0.139. The minimum absolute atomic E-state index is 0.0329. The molecule has 0 heterocycles. The van der Waals surface area contributed by atoms with Crippen LogP contribution in [0.5, 0.6) is 11.5 Å². The zero-order valence-corrected chi connectivity index (χ0v) is 20.6. The summed E-state index contributed by atoms with van der Waals surface area (Å²) in [7, 11) is -0.705. The summed E-state index contributed by atoms with van der Waals surface area (Å²) in [5.41, 5.74) is 5.00. The van der Waals surface area contributed by atoms with Gasteiger partial charge in [0.2, 0.25) is 0 Å². The molecule has 0 aliphatic heterocycles. The first kappa shape index (κ1) is 29.0. The van der Waals surface area contributed by atoms with Gasteiger partial charge in [0.25, 0.3) is 0 Å². The zero-order valence-electron chi connectivity index (χ0n) is 18.8. The van der Waals surface area contributed by atoms with Gasteiger partial charge in [-0.3, -0.25) is 0 Å². The summed E-state index contributed by atoms with van der Waals surface area (Å²) in [4.78, 5) is 8.63. The van der Waals surface area contributed by atoms with E-state index in [1.54, 1.807) is 6.26 Å². The van der Waals surface area contributed by atoms with Crippen molar-refractivity contribution in [3.05, 3.63) is 59.4 Å². The van der Waals surface area contributed by atoms with Crippen LogP contribution in [0.3, 0.4) is 0 Å². The number of benzene rings is 2. The van der Waals surface area contributed by atoms with E-state index < -0.39 is 26.8 Å². The smallest absolute Gasteiger partial charge is 0.419 e. The van der Waals surface area contributed by atoms with Crippen molar-refractivity contribution >= 4 is 32.1 Å². The lowest BCUT2D eigenvalue weighted by Gasteiger charge is -2.15. The molecule has 0 radical (unpaired) electrons. The van der Waals surface area contributed by atoms with Gasteiger partial charge in [-0.05, 0) is 61.6 Å². The number of nitrogens with zero attached hydrogens (tertiary/aromatic N) is 2. The van der Waals surface area contributed by atoms with E-state index in [0.29, 0.717) is 25.2 Å². The van der Waals surface area contributed by atoms with Crippen molar-refractivity contribution < 1.29 is 36.5 Å². The number of halogens is 4. The van der Waals surface area contributed by atoms with Crippen molar-refractivity contribution in [3.63, 3.8) is 0 Å². The molecule has 0 amide bonds. The summed E-state index contributed by atoms with van der Waals surface area (Å²) in [6, 6.07) is 8.64. The van der Waals surface area contributed by atoms with E-state index in [4.69, 9.17) is 24.6 Å². The second-order valence-electron chi connectivity index (χ2n) is 7.01. The summed E-state index contributed by atoms with van der Waals surface area (Å²) in [5, 5.41) is 8.01. The SMILES string of the molecule is CS/C(=N\N=C\C(N)COPO)c1ccc(OCCCCOc2ccc(F)cc2)c(C(F)(F)F)c1. The Balaban J connectivity index is 1.97. The molecule has 0 fully saturated rings. The predicted molar refractivity (Wildman–Crippen MR) is 131 cm³/mol. The minimum Gasteiger partial charge on any atom is -0.494 e. The van der Waals surface area contributed by atoms with E-state index in [2.05, 4.69) is 10.2 Å². The molecule has 0 aliphatic carbocycles. The van der Waals surface area contributed by atoms with Crippen molar-refractivity contribution in [2.45, 2.75) is 25.1 Å². The number of alkyl halides is 3. The van der Waals surface area contributed by atoms with Gasteiger partial charge in [0, 0.05) is 11.8 Å². The van der Waals surface area contributed by atoms with E-state index in [0.717, 1.165) is 17.8 Å². The average molecular weight is 536 g/mol. The fourth-order valence-corrected chi connectivity index (χ4v) is 3.44. The monoisotopic (exact) mass is 535 g/mol. The molecule has 2 aromatic carbocycles. The number of ether oxygens (including phenoxy) is 2. The van der Waals surface area contributed by atoms with Gasteiger partial charge in [0.15, 0.2) is 9.03 Å². The molecule has 3 N–H and O–H groups in total. The largest absolute Gasteiger partial charge is 0.494 e. The van der Waals surface area contributed by atoms with Crippen LogP contribution in [-0.2, 0) is 10.7 Å². The van der Waals surface area contributed by atoms with Crippen molar-refractivity contribution in [3.8, 4) is 11.5 Å². The Morgan fingerprint density at radius 1 is 1.14 bits per heavy atom. The van der Waals surface area contributed by atoms with E-state index in [-0.39, 0.29) is 35.4 Å². The first-order valence-corrected chi connectivity index (χ1v) is 12.5. The molecule has 0 saturated heterocycles. The highest BCUT2D eigenvalue weighted by Gasteiger charge is 2.35. The summed E-state index contributed by atoms with van der Waals surface area (Å²) < 4.78 is 69.5. The molecule has 0 bridgehead atoms. The summed E-state index contributed by atoms with van der Waals surface area (Å²) in [6.07, 6.45) is -0.680. The van der Waals surface area contributed by atoms with Crippen molar-refractivity contribution in [1.82, 2.24) is 0 Å². The number of rotatable bonds is 13. The Labute approximate surface area is 206 Å². The van der Waals surface area contributed by atoms with Crippen LogP contribution in [0.2, 0.25) is 0 Å². The first-order valence-electron chi connectivity index (χ1n) is 10.4. The van der Waals surface area contributed by atoms with Crippen molar-refractivity contribution in [2.75, 3.05) is 26.1 Å². The van der Waals surface area contributed by atoms with Gasteiger partial charge < -0.3 is 24.6 Å². The van der Waals surface area contributed by atoms with E-state index >= 15 is 0 Å². The third kappa shape index (κ3) is 10.5. The Morgan fingerprint density at radius 2 is 1.83 bits per heavy atom.